The molecule has 2 N–H and O–H groups in total. The van der Waals surface area contributed by atoms with Crippen LogP contribution in [-0.4, -0.2) is 16.6 Å². The molecule has 21 heavy (non-hydrogen) atoms. The van der Waals surface area contributed by atoms with Gasteiger partial charge < -0.3 is 10.4 Å². The molecule has 116 valence electrons. The molecule has 0 heterocycles. The van der Waals surface area contributed by atoms with Crippen LogP contribution in [0.2, 0.25) is 0 Å². The van der Waals surface area contributed by atoms with Crippen LogP contribution in [0.25, 0.3) is 0 Å². The first-order valence-corrected chi connectivity index (χ1v) is 8.49. The monoisotopic (exact) mass is 353 g/mol. The fourth-order valence-corrected chi connectivity index (χ4v) is 3.50. The summed E-state index contributed by atoms with van der Waals surface area (Å²) in [5.41, 5.74) is 0.0564. The maximum Gasteiger partial charge on any atom is 0.329 e. The molecule has 2 rings (SSSR count). The molecular formula is C17H24BrNO2. The van der Waals surface area contributed by atoms with Gasteiger partial charge in [0.05, 0.1) is 0 Å². The fraction of sp³-hybridized carbons (Fsp3) is 0.588. The first kappa shape index (κ1) is 16.3. The molecule has 3 nitrogen and oxygen atoms in total. The van der Waals surface area contributed by atoms with Crippen molar-refractivity contribution in [3.05, 3.63) is 28.7 Å². The topological polar surface area (TPSA) is 49.3 Å². The van der Waals surface area contributed by atoms with Crippen LogP contribution in [0.4, 0.5) is 5.69 Å². The average molecular weight is 354 g/mol. The minimum Gasteiger partial charge on any atom is -0.480 e. The van der Waals surface area contributed by atoms with E-state index in [1.165, 1.54) is 0 Å². The van der Waals surface area contributed by atoms with Gasteiger partial charge in [-0.05, 0) is 55.4 Å². The molecule has 2 atom stereocenters. The second-order valence-electron chi connectivity index (χ2n) is 6.45. The maximum atomic E-state index is 11.9. The van der Waals surface area contributed by atoms with E-state index in [0.29, 0.717) is 24.7 Å². The number of hydrogen-bond acceptors (Lipinski definition) is 2. The molecular weight excluding hydrogens is 330 g/mol. The second-order valence-corrected chi connectivity index (χ2v) is 7.37. The molecule has 1 fully saturated rings. The molecule has 1 aromatic rings. The lowest BCUT2D eigenvalue weighted by molar-refractivity contribution is -0.142. The van der Waals surface area contributed by atoms with Gasteiger partial charge in [0.2, 0.25) is 0 Å². The van der Waals surface area contributed by atoms with Crippen molar-refractivity contribution in [2.75, 3.05) is 5.32 Å². The molecule has 4 heteroatoms. The third-order valence-corrected chi connectivity index (χ3v) is 5.23. The van der Waals surface area contributed by atoms with Crippen molar-refractivity contribution >= 4 is 27.6 Å². The number of halogens is 1. The third-order valence-electron chi connectivity index (χ3n) is 4.70. The van der Waals surface area contributed by atoms with Crippen LogP contribution in [0, 0.1) is 11.8 Å². The number of hydrogen-bond donors (Lipinski definition) is 2. The van der Waals surface area contributed by atoms with Gasteiger partial charge in [-0.25, -0.2) is 4.79 Å². The molecule has 0 bridgehead atoms. The first-order valence-electron chi connectivity index (χ1n) is 7.70. The van der Waals surface area contributed by atoms with Gasteiger partial charge in [-0.15, -0.1) is 0 Å². The summed E-state index contributed by atoms with van der Waals surface area (Å²) in [5, 5.41) is 13.1. The highest BCUT2D eigenvalue weighted by Crippen LogP contribution is 2.36. The number of carboxylic acids is 1. The first-order chi connectivity index (χ1) is 9.93. The van der Waals surface area contributed by atoms with E-state index < -0.39 is 11.5 Å². The molecule has 1 saturated carbocycles. The van der Waals surface area contributed by atoms with Crippen molar-refractivity contribution < 1.29 is 9.90 Å². The number of rotatable bonds is 4. The van der Waals surface area contributed by atoms with Gasteiger partial charge in [-0.1, -0.05) is 42.6 Å². The van der Waals surface area contributed by atoms with E-state index in [4.69, 9.17) is 0 Å². The van der Waals surface area contributed by atoms with E-state index in [1.807, 2.05) is 24.3 Å². The van der Waals surface area contributed by atoms with Crippen molar-refractivity contribution in [3.63, 3.8) is 0 Å². The van der Waals surface area contributed by atoms with Gasteiger partial charge in [0, 0.05) is 10.2 Å². The number of carboxylic acid groups (broad SMARTS) is 1. The largest absolute Gasteiger partial charge is 0.480 e. The van der Waals surface area contributed by atoms with E-state index in [-0.39, 0.29) is 0 Å². The van der Waals surface area contributed by atoms with Crippen molar-refractivity contribution in [2.24, 2.45) is 11.8 Å². The predicted molar refractivity (Wildman–Crippen MR) is 89.5 cm³/mol. The summed E-state index contributed by atoms with van der Waals surface area (Å²) in [7, 11) is 0. The van der Waals surface area contributed by atoms with Crippen LogP contribution in [-0.2, 0) is 4.79 Å². The number of carbonyl (C=O) groups is 1. The highest BCUT2D eigenvalue weighted by molar-refractivity contribution is 9.10. The van der Waals surface area contributed by atoms with Crippen LogP contribution in [0.15, 0.2) is 28.7 Å². The normalized spacial score (nSPS) is 26.4. The summed E-state index contributed by atoms with van der Waals surface area (Å²) < 4.78 is 0.998. The van der Waals surface area contributed by atoms with Gasteiger partial charge in [0.1, 0.15) is 5.54 Å². The molecule has 2 unspecified atom stereocenters. The standard InChI is InChI=1S/C17H24BrNO2/c1-12(2)13-4-3-10-17(11-9-13,16(20)21)19-15-7-5-14(18)6-8-15/h5-8,12-13,19H,3-4,9-11H2,1-2H3,(H,20,21). The van der Waals surface area contributed by atoms with E-state index in [2.05, 4.69) is 35.1 Å². The lowest BCUT2D eigenvalue weighted by Gasteiger charge is -2.31. The van der Waals surface area contributed by atoms with E-state index in [0.717, 1.165) is 29.4 Å². The molecule has 0 aromatic heterocycles. The summed E-state index contributed by atoms with van der Waals surface area (Å²) >= 11 is 3.41. The predicted octanol–water partition coefficient (Wildman–Crippen LogP) is 4.92. The molecule has 1 aliphatic rings. The van der Waals surface area contributed by atoms with E-state index in [1.54, 1.807) is 0 Å². The molecule has 0 aliphatic heterocycles. The van der Waals surface area contributed by atoms with E-state index in [9.17, 15) is 9.90 Å². The van der Waals surface area contributed by atoms with Crippen LogP contribution in [0.1, 0.15) is 46.0 Å². The Morgan fingerprint density at radius 1 is 1.29 bits per heavy atom. The highest BCUT2D eigenvalue weighted by atomic mass is 79.9. The molecule has 1 aromatic carbocycles. The lowest BCUT2D eigenvalue weighted by atomic mass is 9.86. The Balaban J connectivity index is 2.17. The highest BCUT2D eigenvalue weighted by Gasteiger charge is 2.40. The van der Waals surface area contributed by atoms with Crippen molar-refractivity contribution in [2.45, 2.75) is 51.5 Å². The zero-order valence-corrected chi connectivity index (χ0v) is 14.3. The zero-order valence-electron chi connectivity index (χ0n) is 12.7. The number of anilines is 1. The molecule has 0 saturated heterocycles. The van der Waals surface area contributed by atoms with Gasteiger partial charge in [0.15, 0.2) is 0 Å². The van der Waals surface area contributed by atoms with Crippen LogP contribution < -0.4 is 5.32 Å². The summed E-state index contributed by atoms with van der Waals surface area (Å²) in [6.45, 7) is 4.47. The Morgan fingerprint density at radius 2 is 1.95 bits per heavy atom. The smallest absolute Gasteiger partial charge is 0.329 e. The minimum atomic E-state index is -0.822. The van der Waals surface area contributed by atoms with Gasteiger partial charge in [0.25, 0.3) is 0 Å². The summed E-state index contributed by atoms with van der Waals surface area (Å²) in [6, 6.07) is 7.73. The SMILES string of the molecule is CC(C)C1CCCC(Nc2ccc(Br)cc2)(C(=O)O)CC1. The maximum absolute atomic E-state index is 11.9. The Bertz CT molecular complexity index is 486. The summed E-state index contributed by atoms with van der Waals surface area (Å²) in [6.07, 6.45) is 4.48. The van der Waals surface area contributed by atoms with E-state index >= 15 is 0 Å². The Labute approximate surface area is 135 Å². The zero-order chi connectivity index (χ0) is 15.5. The summed E-state index contributed by atoms with van der Waals surface area (Å²) in [5.74, 6) is 0.537. The Hall–Kier alpha value is -1.03. The van der Waals surface area contributed by atoms with Gasteiger partial charge in [-0.3, -0.25) is 0 Å². The van der Waals surface area contributed by atoms with Crippen molar-refractivity contribution in [1.82, 2.24) is 0 Å². The fourth-order valence-electron chi connectivity index (χ4n) is 3.24. The number of aliphatic carboxylic acids is 1. The van der Waals surface area contributed by atoms with Crippen molar-refractivity contribution in [1.29, 1.82) is 0 Å². The molecule has 1 aliphatic carbocycles. The van der Waals surface area contributed by atoms with Gasteiger partial charge >= 0.3 is 5.97 Å². The molecule has 0 radical (unpaired) electrons. The minimum absolute atomic E-state index is 0.627. The number of benzene rings is 1. The number of nitrogens with one attached hydrogen (secondary N) is 1. The van der Waals surface area contributed by atoms with Crippen LogP contribution in [0.3, 0.4) is 0 Å². The van der Waals surface area contributed by atoms with Crippen LogP contribution >= 0.6 is 15.9 Å². The quantitative estimate of drug-likeness (QED) is 0.755. The summed E-state index contributed by atoms with van der Waals surface area (Å²) in [4.78, 5) is 11.9. The average Bonchev–Trinajstić information content (AvgIpc) is 2.65. The second kappa shape index (κ2) is 6.82. The van der Waals surface area contributed by atoms with Gasteiger partial charge in [-0.2, -0.15) is 0 Å². The Kier molecular flexibility index (Phi) is 5.31. The van der Waals surface area contributed by atoms with Crippen molar-refractivity contribution in [3.8, 4) is 0 Å². The molecule has 0 amide bonds. The van der Waals surface area contributed by atoms with Crippen LogP contribution in [0.5, 0.6) is 0 Å². The lowest BCUT2D eigenvalue weighted by Crippen LogP contribution is -2.46. The third kappa shape index (κ3) is 4.00. The molecule has 0 spiro atoms. The Morgan fingerprint density at radius 3 is 2.52 bits per heavy atom.